The summed E-state index contributed by atoms with van der Waals surface area (Å²) in [5.41, 5.74) is 1.66. The molecule has 0 unspecified atom stereocenters. The van der Waals surface area contributed by atoms with Crippen molar-refractivity contribution >= 4 is 28.2 Å². The molecule has 164 valence electrons. The van der Waals surface area contributed by atoms with Crippen molar-refractivity contribution in [3.63, 3.8) is 0 Å². The molecule has 5 rings (SSSR count). The maximum Gasteiger partial charge on any atom is 0.274 e. The number of aromatic nitrogens is 4. The second-order valence-electron chi connectivity index (χ2n) is 8.33. The minimum Gasteiger partial charge on any atom is -0.338 e. The van der Waals surface area contributed by atoms with E-state index < -0.39 is 0 Å². The highest BCUT2D eigenvalue weighted by molar-refractivity contribution is 7.15. The standard InChI is InChI=1S/C22H29N7OS/c30-20(27-9-4-2-1-3-5-10-27)19-18(29-15-16-31-22(29)25-19)17-26-11-13-28(14-12-26)21-23-7-6-8-24-21/h6-8,15-16H,1-5,9-14,17H2. The van der Waals surface area contributed by atoms with Gasteiger partial charge in [-0.25, -0.2) is 15.0 Å². The van der Waals surface area contributed by atoms with Crippen LogP contribution in [0.5, 0.6) is 0 Å². The highest BCUT2D eigenvalue weighted by Gasteiger charge is 2.27. The Kier molecular flexibility index (Phi) is 6.13. The Morgan fingerprint density at radius 3 is 2.39 bits per heavy atom. The molecular formula is C22H29N7OS. The van der Waals surface area contributed by atoms with Gasteiger partial charge in [0, 0.05) is 69.8 Å². The maximum atomic E-state index is 13.4. The van der Waals surface area contributed by atoms with Crippen molar-refractivity contribution in [1.29, 1.82) is 0 Å². The second kappa shape index (κ2) is 9.32. The Bertz CT molecular complexity index is 1000. The van der Waals surface area contributed by atoms with Crippen LogP contribution in [-0.4, -0.2) is 74.3 Å². The van der Waals surface area contributed by atoms with Gasteiger partial charge in [-0.3, -0.25) is 14.1 Å². The average Bonchev–Trinajstić information content (AvgIpc) is 3.37. The van der Waals surface area contributed by atoms with E-state index in [0.717, 1.165) is 75.3 Å². The lowest BCUT2D eigenvalue weighted by molar-refractivity contribution is 0.0734. The Balaban J connectivity index is 1.31. The molecule has 0 N–H and O–H groups in total. The predicted octanol–water partition coefficient (Wildman–Crippen LogP) is 2.91. The van der Waals surface area contributed by atoms with Gasteiger partial charge in [0.25, 0.3) is 5.91 Å². The number of likely N-dealkylation sites (tertiary alicyclic amines) is 1. The number of nitrogens with zero attached hydrogens (tertiary/aromatic N) is 7. The summed E-state index contributed by atoms with van der Waals surface area (Å²) in [6.07, 6.45) is 11.5. The SMILES string of the molecule is O=C(c1nc2sccn2c1CN1CCN(c2ncccn2)CC1)N1CCCCCCC1. The summed E-state index contributed by atoms with van der Waals surface area (Å²) in [5, 5.41) is 2.04. The first-order valence-corrected chi connectivity index (χ1v) is 12.2. The molecule has 0 bridgehead atoms. The van der Waals surface area contributed by atoms with Gasteiger partial charge in [0.05, 0.1) is 5.69 Å². The van der Waals surface area contributed by atoms with E-state index in [0.29, 0.717) is 5.69 Å². The van der Waals surface area contributed by atoms with Crippen molar-refractivity contribution in [3.8, 4) is 0 Å². The molecule has 5 heterocycles. The Labute approximate surface area is 186 Å². The highest BCUT2D eigenvalue weighted by Crippen LogP contribution is 2.23. The Morgan fingerprint density at radius 2 is 1.65 bits per heavy atom. The zero-order valence-electron chi connectivity index (χ0n) is 17.8. The van der Waals surface area contributed by atoms with Gasteiger partial charge in [-0.2, -0.15) is 0 Å². The second-order valence-corrected chi connectivity index (χ2v) is 9.21. The third-order valence-corrected chi connectivity index (χ3v) is 7.04. The van der Waals surface area contributed by atoms with Gasteiger partial charge < -0.3 is 9.80 Å². The van der Waals surface area contributed by atoms with Crippen molar-refractivity contribution in [2.45, 2.75) is 38.6 Å². The summed E-state index contributed by atoms with van der Waals surface area (Å²) in [5.74, 6) is 0.892. The number of carbonyl (C=O) groups is 1. The van der Waals surface area contributed by atoms with Gasteiger partial charge in [-0.05, 0) is 18.9 Å². The number of amides is 1. The fraction of sp³-hybridized carbons (Fsp3) is 0.545. The van der Waals surface area contributed by atoms with Crippen LogP contribution in [0.15, 0.2) is 30.0 Å². The van der Waals surface area contributed by atoms with E-state index >= 15 is 0 Å². The van der Waals surface area contributed by atoms with Crippen molar-refractivity contribution in [2.75, 3.05) is 44.2 Å². The van der Waals surface area contributed by atoms with Gasteiger partial charge in [0.15, 0.2) is 10.7 Å². The van der Waals surface area contributed by atoms with Crippen molar-refractivity contribution < 1.29 is 4.79 Å². The topological polar surface area (TPSA) is 69.9 Å². The van der Waals surface area contributed by atoms with Crippen molar-refractivity contribution in [2.24, 2.45) is 0 Å². The largest absolute Gasteiger partial charge is 0.338 e. The highest BCUT2D eigenvalue weighted by atomic mass is 32.1. The molecule has 8 nitrogen and oxygen atoms in total. The molecule has 9 heteroatoms. The summed E-state index contributed by atoms with van der Waals surface area (Å²) < 4.78 is 2.11. The van der Waals surface area contributed by atoms with Crippen molar-refractivity contribution in [3.05, 3.63) is 41.4 Å². The molecule has 0 atom stereocenters. The molecule has 2 aliphatic rings. The molecule has 0 saturated carbocycles. The van der Waals surface area contributed by atoms with Gasteiger partial charge in [-0.1, -0.05) is 19.3 Å². The van der Waals surface area contributed by atoms with Gasteiger partial charge in [0.1, 0.15) is 0 Å². The number of anilines is 1. The number of hydrogen-bond acceptors (Lipinski definition) is 7. The molecule has 1 amide bonds. The lowest BCUT2D eigenvalue weighted by Crippen LogP contribution is -2.47. The zero-order chi connectivity index (χ0) is 21.0. The lowest BCUT2D eigenvalue weighted by Gasteiger charge is -2.34. The van der Waals surface area contributed by atoms with E-state index in [4.69, 9.17) is 4.98 Å². The van der Waals surface area contributed by atoms with Gasteiger partial charge >= 0.3 is 0 Å². The normalized spacial score (nSPS) is 18.8. The molecule has 2 saturated heterocycles. The summed E-state index contributed by atoms with van der Waals surface area (Å²) in [4.78, 5) is 34.5. The van der Waals surface area contributed by atoms with E-state index in [9.17, 15) is 4.79 Å². The molecule has 3 aromatic rings. The molecular weight excluding hydrogens is 410 g/mol. The minimum atomic E-state index is 0.101. The zero-order valence-corrected chi connectivity index (χ0v) is 18.6. The van der Waals surface area contributed by atoms with E-state index in [1.165, 1.54) is 19.3 Å². The van der Waals surface area contributed by atoms with Crippen LogP contribution in [-0.2, 0) is 6.54 Å². The third-order valence-electron chi connectivity index (χ3n) is 6.29. The van der Waals surface area contributed by atoms with Crippen LogP contribution in [0.25, 0.3) is 4.96 Å². The first-order valence-electron chi connectivity index (χ1n) is 11.3. The molecule has 0 radical (unpaired) electrons. The monoisotopic (exact) mass is 439 g/mol. The van der Waals surface area contributed by atoms with Crippen LogP contribution < -0.4 is 4.90 Å². The maximum absolute atomic E-state index is 13.4. The van der Waals surface area contributed by atoms with Crippen molar-refractivity contribution in [1.82, 2.24) is 29.2 Å². The molecule has 31 heavy (non-hydrogen) atoms. The van der Waals surface area contributed by atoms with Crippen LogP contribution in [0.1, 0.15) is 48.3 Å². The first-order chi connectivity index (χ1) is 15.3. The van der Waals surface area contributed by atoms with Crippen LogP contribution in [0.3, 0.4) is 0 Å². The summed E-state index contributed by atoms with van der Waals surface area (Å²) in [7, 11) is 0. The van der Waals surface area contributed by atoms with E-state index in [-0.39, 0.29) is 5.91 Å². The van der Waals surface area contributed by atoms with Crippen LogP contribution >= 0.6 is 11.3 Å². The summed E-state index contributed by atoms with van der Waals surface area (Å²) >= 11 is 1.59. The van der Waals surface area contributed by atoms with Crippen LogP contribution in [0.2, 0.25) is 0 Å². The number of rotatable bonds is 4. The molecule has 0 aromatic carbocycles. The molecule has 0 spiro atoms. The predicted molar refractivity (Wildman–Crippen MR) is 122 cm³/mol. The summed E-state index contributed by atoms with van der Waals surface area (Å²) in [6.45, 7) is 6.00. The van der Waals surface area contributed by atoms with Crippen LogP contribution in [0, 0.1) is 0 Å². The molecule has 2 fully saturated rings. The molecule has 2 aliphatic heterocycles. The molecule has 0 aliphatic carbocycles. The number of thiazole rings is 1. The number of fused-ring (bicyclic) bond motifs is 1. The molecule has 3 aromatic heterocycles. The summed E-state index contributed by atoms with van der Waals surface area (Å²) in [6, 6.07) is 1.84. The quantitative estimate of drug-likeness (QED) is 0.623. The Hall–Kier alpha value is -2.52. The van der Waals surface area contributed by atoms with E-state index in [1.807, 2.05) is 22.5 Å². The first kappa shape index (κ1) is 20.4. The van der Waals surface area contributed by atoms with E-state index in [1.54, 1.807) is 23.7 Å². The number of piperazine rings is 1. The lowest BCUT2D eigenvalue weighted by atomic mass is 10.1. The van der Waals surface area contributed by atoms with Crippen LogP contribution in [0.4, 0.5) is 5.95 Å². The number of imidazole rings is 1. The smallest absolute Gasteiger partial charge is 0.274 e. The average molecular weight is 440 g/mol. The van der Waals surface area contributed by atoms with E-state index in [2.05, 4.69) is 24.2 Å². The Morgan fingerprint density at radius 1 is 0.935 bits per heavy atom. The fourth-order valence-corrected chi connectivity index (χ4v) is 5.26. The number of carbonyl (C=O) groups excluding carboxylic acids is 1. The third kappa shape index (κ3) is 4.43. The fourth-order valence-electron chi connectivity index (χ4n) is 4.53. The van der Waals surface area contributed by atoms with Gasteiger partial charge in [0.2, 0.25) is 5.95 Å². The van der Waals surface area contributed by atoms with Gasteiger partial charge in [-0.15, -0.1) is 11.3 Å². The number of hydrogen-bond donors (Lipinski definition) is 0. The minimum absolute atomic E-state index is 0.101.